The second kappa shape index (κ2) is 4.15. The van der Waals surface area contributed by atoms with E-state index in [1.807, 2.05) is 34.6 Å². The number of ketones is 2. The van der Waals surface area contributed by atoms with Crippen molar-refractivity contribution in [3.05, 3.63) is 0 Å². The van der Waals surface area contributed by atoms with Crippen molar-refractivity contribution < 1.29 is 9.59 Å². The Morgan fingerprint density at radius 2 is 1.75 bits per heavy atom. The number of hydrogen-bond acceptors (Lipinski definition) is 4. The van der Waals surface area contributed by atoms with Gasteiger partial charge in [-0.15, -0.1) is 0 Å². The van der Waals surface area contributed by atoms with Gasteiger partial charge in [-0.3, -0.25) is 9.59 Å². The fourth-order valence-electron chi connectivity index (χ4n) is 2.06. The number of rotatable bonds is 2. The molecule has 1 saturated carbocycles. The van der Waals surface area contributed by atoms with Gasteiger partial charge in [-0.25, -0.2) is 0 Å². The van der Waals surface area contributed by atoms with Crippen LogP contribution < -0.4 is 5.32 Å². The Labute approximate surface area is 103 Å². The molecule has 0 radical (unpaired) electrons. The van der Waals surface area contributed by atoms with Crippen LogP contribution in [0.2, 0.25) is 0 Å². The van der Waals surface area contributed by atoms with Crippen LogP contribution in [-0.4, -0.2) is 29.4 Å². The van der Waals surface area contributed by atoms with Gasteiger partial charge in [-0.1, -0.05) is 34.6 Å². The molecular formula is C12H21NO2S. The first kappa shape index (κ1) is 13.7. The summed E-state index contributed by atoms with van der Waals surface area (Å²) in [6, 6.07) is -0.685. The summed E-state index contributed by atoms with van der Waals surface area (Å²) in [5.74, 6) is -0.117. The van der Waals surface area contributed by atoms with E-state index in [0.29, 0.717) is 6.54 Å². The summed E-state index contributed by atoms with van der Waals surface area (Å²) in [4.78, 5) is 24.4. The standard InChI is InChI=1S/C12H21NO2S/c1-6-13-7-8(14)10(16)12(4,5)11(2,3)9(7)15/h7,10,13,16H,6H2,1-5H3. The molecule has 1 fully saturated rings. The number of Topliss-reactive ketones (excluding diaryl/α,β-unsaturated/α-hetero) is 2. The summed E-state index contributed by atoms with van der Waals surface area (Å²) in [5, 5.41) is 2.56. The Bertz CT molecular complexity index is 323. The van der Waals surface area contributed by atoms with E-state index in [-0.39, 0.29) is 11.6 Å². The molecular weight excluding hydrogens is 222 g/mol. The lowest BCUT2D eigenvalue weighted by Crippen LogP contribution is -2.64. The van der Waals surface area contributed by atoms with E-state index in [4.69, 9.17) is 0 Å². The molecule has 92 valence electrons. The Balaban J connectivity index is 3.17. The van der Waals surface area contributed by atoms with Gasteiger partial charge in [0.1, 0.15) is 6.04 Å². The first-order valence-electron chi connectivity index (χ1n) is 5.67. The van der Waals surface area contributed by atoms with Crippen LogP contribution in [0.4, 0.5) is 0 Å². The molecule has 0 saturated heterocycles. The van der Waals surface area contributed by atoms with Crippen LogP contribution in [0.15, 0.2) is 0 Å². The maximum absolute atomic E-state index is 12.3. The molecule has 16 heavy (non-hydrogen) atoms. The van der Waals surface area contributed by atoms with Crippen molar-refractivity contribution >= 4 is 24.2 Å². The maximum Gasteiger partial charge on any atom is 0.170 e. The number of carbonyl (C=O) groups is 2. The predicted octanol–water partition coefficient (Wildman–Crippen LogP) is 1.47. The largest absolute Gasteiger partial charge is 0.302 e. The van der Waals surface area contributed by atoms with E-state index in [0.717, 1.165) is 0 Å². The van der Waals surface area contributed by atoms with E-state index in [9.17, 15) is 9.59 Å². The molecule has 0 aliphatic heterocycles. The van der Waals surface area contributed by atoms with E-state index in [1.165, 1.54) is 0 Å². The average Bonchev–Trinajstić information content (AvgIpc) is 2.21. The van der Waals surface area contributed by atoms with Gasteiger partial charge < -0.3 is 5.32 Å². The van der Waals surface area contributed by atoms with E-state index < -0.39 is 22.1 Å². The van der Waals surface area contributed by atoms with Crippen molar-refractivity contribution in [2.45, 2.75) is 45.9 Å². The van der Waals surface area contributed by atoms with E-state index in [2.05, 4.69) is 17.9 Å². The van der Waals surface area contributed by atoms with Crippen LogP contribution in [0.1, 0.15) is 34.6 Å². The fourth-order valence-corrected chi connectivity index (χ4v) is 2.53. The van der Waals surface area contributed by atoms with Gasteiger partial charge in [-0.05, 0) is 12.0 Å². The van der Waals surface area contributed by atoms with Gasteiger partial charge in [0.15, 0.2) is 11.6 Å². The van der Waals surface area contributed by atoms with Crippen LogP contribution in [0, 0.1) is 10.8 Å². The smallest absolute Gasteiger partial charge is 0.170 e. The minimum atomic E-state index is -0.685. The highest BCUT2D eigenvalue weighted by atomic mass is 32.1. The predicted molar refractivity (Wildman–Crippen MR) is 67.8 cm³/mol. The van der Waals surface area contributed by atoms with Crippen molar-refractivity contribution in [3.8, 4) is 0 Å². The molecule has 0 amide bonds. The molecule has 3 nitrogen and oxygen atoms in total. The normalized spacial score (nSPS) is 32.9. The van der Waals surface area contributed by atoms with Crippen LogP contribution in [0.3, 0.4) is 0 Å². The van der Waals surface area contributed by atoms with Gasteiger partial charge in [0.05, 0.1) is 5.25 Å². The van der Waals surface area contributed by atoms with Gasteiger partial charge >= 0.3 is 0 Å². The number of thiol groups is 1. The molecule has 0 bridgehead atoms. The van der Waals surface area contributed by atoms with Gasteiger partial charge in [0, 0.05) is 5.41 Å². The Morgan fingerprint density at radius 3 is 2.19 bits per heavy atom. The zero-order valence-electron chi connectivity index (χ0n) is 10.6. The second-order valence-corrected chi connectivity index (χ2v) is 6.02. The number of nitrogens with one attached hydrogen (secondary N) is 1. The summed E-state index contributed by atoms with van der Waals surface area (Å²) in [6.45, 7) is 10.2. The summed E-state index contributed by atoms with van der Waals surface area (Å²) >= 11 is 4.40. The summed E-state index contributed by atoms with van der Waals surface area (Å²) in [5.41, 5.74) is -0.962. The lowest BCUT2D eigenvalue weighted by atomic mass is 9.57. The zero-order chi connectivity index (χ0) is 12.7. The zero-order valence-corrected chi connectivity index (χ0v) is 11.5. The van der Waals surface area contributed by atoms with Crippen LogP contribution in [0.5, 0.6) is 0 Å². The average molecular weight is 243 g/mol. The highest BCUT2D eigenvalue weighted by Gasteiger charge is 2.57. The number of carbonyl (C=O) groups excluding carboxylic acids is 2. The molecule has 0 aromatic rings. The minimum absolute atomic E-state index is 0.0188. The van der Waals surface area contributed by atoms with Gasteiger partial charge in [0.25, 0.3) is 0 Å². The molecule has 1 rings (SSSR count). The van der Waals surface area contributed by atoms with Gasteiger partial charge in [0.2, 0.25) is 0 Å². The summed E-state index contributed by atoms with van der Waals surface area (Å²) < 4.78 is 0. The van der Waals surface area contributed by atoms with Gasteiger partial charge in [-0.2, -0.15) is 12.6 Å². The summed E-state index contributed by atoms with van der Waals surface area (Å²) in [6.07, 6.45) is 0. The highest BCUT2D eigenvalue weighted by Crippen LogP contribution is 2.48. The van der Waals surface area contributed by atoms with Crippen molar-refractivity contribution in [2.24, 2.45) is 10.8 Å². The molecule has 0 spiro atoms. The molecule has 1 aliphatic carbocycles. The number of hydrogen-bond donors (Lipinski definition) is 2. The highest BCUT2D eigenvalue weighted by molar-refractivity contribution is 7.81. The molecule has 4 heteroatoms. The van der Waals surface area contributed by atoms with Crippen LogP contribution in [0.25, 0.3) is 0 Å². The lowest BCUT2D eigenvalue weighted by Gasteiger charge is -2.49. The van der Waals surface area contributed by atoms with Crippen molar-refractivity contribution in [1.82, 2.24) is 5.32 Å². The third kappa shape index (κ3) is 1.72. The molecule has 0 aromatic heterocycles. The van der Waals surface area contributed by atoms with E-state index >= 15 is 0 Å². The second-order valence-electron chi connectivity index (χ2n) is 5.51. The Morgan fingerprint density at radius 1 is 1.25 bits per heavy atom. The SMILES string of the molecule is CCNC1C(=O)C(S)C(C)(C)C(C)(C)C1=O. The first-order valence-corrected chi connectivity index (χ1v) is 6.19. The molecule has 0 heterocycles. The Hall–Kier alpha value is -0.350. The van der Waals surface area contributed by atoms with E-state index in [1.54, 1.807) is 0 Å². The third-order valence-corrected chi connectivity index (χ3v) is 5.03. The molecule has 2 unspecified atom stereocenters. The first-order chi connectivity index (χ1) is 7.17. The summed E-state index contributed by atoms with van der Waals surface area (Å²) in [7, 11) is 0. The van der Waals surface area contributed by atoms with Crippen LogP contribution >= 0.6 is 12.6 Å². The minimum Gasteiger partial charge on any atom is -0.302 e. The Kier molecular flexibility index (Phi) is 3.56. The third-order valence-electron chi connectivity index (χ3n) is 4.13. The number of likely N-dealkylation sites (N-methyl/N-ethyl adjacent to an activating group) is 1. The molecule has 1 aliphatic rings. The fraction of sp³-hybridized carbons (Fsp3) is 0.833. The molecule has 1 N–H and O–H groups in total. The van der Waals surface area contributed by atoms with Crippen molar-refractivity contribution in [3.63, 3.8) is 0 Å². The topological polar surface area (TPSA) is 46.2 Å². The monoisotopic (exact) mass is 243 g/mol. The van der Waals surface area contributed by atoms with Crippen LogP contribution in [-0.2, 0) is 9.59 Å². The molecule has 2 atom stereocenters. The van der Waals surface area contributed by atoms with Crippen molar-refractivity contribution in [1.29, 1.82) is 0 Å². The lowest BCUT2D eigenvalue weighted by molar-refractivity contribution is -0.147. The maximum atomic E-state index is 12.3. The quantitative estimate of drug-likeness (QED) is 0.570. The van der Waals surface area contributed by atoms with Crippen molar-refractivity contribution in [2.75, 3.05) is 6.54 Å². The molecule has 0 aromatic carbocycles.